The first-order chi connectivity index (χ1) is 8.45. The van der Waals surface area contributed by atoms with Gasteiger partial charge in [-0.25, -0.2) is 9.59 Å². The molecule has 0 unspecified atom stereocenters. The second-order valence-corrected chi connectivity index (χ2v) is 5.15. The summed E-state index contributed by atoms with van der Waals surface area (Å²) in [5.41, 5.74) is 0.982. The number of rotatable bonds is 5. The molecule has 0 fully saturated rings. The molecule has 0 aliphatic carbocycles. The minimum atomic E-state index is -1.00. The van der Waals surface area contributed by atoms with Gasteiger partial charge in [-0.1, -0.05) is 13.3 Å². The molecule has 6 heteroatoms. The molecule has 3 N–H and O–H groups in total. The number of urea groups is 1. The van der Waals surface area contributed by atoms with E-state index in [1.54, 1.807) is 5.38 Å². The Labute approximate surface area is 110 Å². The van der Waals surface area contributed by atoms with Crippen LogP contribution in [0.4, 0.5) is 9.80 Å². The zero-order chi connectivity index (χ0) is 13.7. The van der Waals surface area contributed by atoms with Gasteiger partial charge in [-0.2, -0.15) is 0 Å². The largest absolute Gasteiger partial charge is 0.478 e. The Morgan fingerprint density at radius 1 is 1.44 bits per heavy atom. The Kier molecular flexibility index (Phi) is 5.15. The highest BCUT2D eigenvalue weighted by molar-refractivity contribution is 7.15. The van der Waals surface area contributed by atoms with Gasteiger partial charge in [0.25, 0.3) is 0 Å². The van der Waals surface area contributed by atoms with Gasteiger partial charge in [-0.05, 0) is 31.2 Å². The number of hydrogen-bond donors (Lipinski definition) is 3. The third-order valence-electron chi connectivity index (χ3n) is 2.25. The molecule has 1 heterocycles. The maximum Gasteiger partial charge on any atom is 0.338 e. The van der Waals surface area contributed by atoms with E-state index in [4.69, 9.17) is 0 Å². The average molecular weight is 270 g/mol. The van der Waals surface area contributed by atoms with E-state index in [2.05, 4.69) is 10.6 Å². The number of anilines is 1. The normalized spacial score (nSPS) is 10.4. The van der Waals surface area contributed by atoms with E-state index in [1.165, 1.54) is 11.3 Å². The minimum Gasteiger partial charge on any atom is -0.478 e. The van der Waals surface area contributed by atoms with Crippen LogP contribution in [0.2, 0.25) is 0 Å². The van der Waals surface area contributed by atoms with Crippen LogP contribution in [0.1, 0.15) is 43.1 Å². The van der Waals surface area contributed by atoms with Gasteiger partial charge in [0.15, 0.2) is 0 Å². The topological polar surface area (TPSA) is 78.4 Å². The number of carboxylic acid groups (broad SMARTS) is 1. The standard InChI is InChI=1S/C12H18N2O3S/c1-4-5-8-6-18-10(9(8)11(15)16)14-12(17)13-7(2)3/h6-7H,4-5H2,1-3H3,(H,15,16)(H2,13,14,17). The number of carbonyl (C=O) groups is 2. The van der Waals surface area contributed by atoms with Crippen LogP contribution in [0.3, 0.4) is 0 Å². The molecule has 1 aromatic heterocycles. The molecule has 0 saturated heterocycles. The van der Waals surface area contributed by atoms with Crippen LogP contribution in [-0.4, -0.2) is 23.1 Å². The van der Waals surface area contributed by atoms with Crippen LogP contribution in [0, 0.1) is 0 Å². The fourth-order valence-electron chi connectivity index (χ4n) is 1.57. The summed E-state index contributed by atoms with van der Waals surface area (Å²) in [5, 5.41) is 16.6. The fourth-order valence-corrected chi connectivity index (χ4v) is 2.56. The van der Waals surface area contributed by atoms with Gasteiger partial charge in [-0.15, -0.1) is 11.3 Å². The van der Waals surface area contributed by atoms with Crippen molar-refractivity contribution in [2.45, 2.75) is 39.7 Å². The lowest BCUT2D eigenvalue weighted by atomic mass is 10.1. The first kappa shape index (κ1) is 14.5. The van der Waals surface area contributed by atoms with Crippen molar-refractivity contribution in [1.82, 2.24) is 5.32 Å². The number of aryl methyl sites for hydroxylation is 1. The minimum absolute atomic E-state index is 0.00773. The van der Waals surface area contributed by atoms with E-state index in [0.29, 0.717) is 11.4 Å². The summed E-state index contributed by atoms with van der Waals surface area (Å²) in [5.74, 6) is -1.00. The number of thiophene rings is 1. The predicted molar refractivity (Wildman–Crippen MR) is 72.6 cm³/mol. The van der Waals surface area contributed by atoms with Crippen LogP contribution < -0.4 is 10.6 Å². The Balaban J connectivity index is 2.88. The number of aromatic carboxylic acids is 1. The van der Waals surface area contributed by atoms with Gasteiger partial charge in [0.2, 0.25) is 0 Å². The summed E-state index contributed by atoms with van der Waals surface area (Å²) in [7, 11) is 0. The van der Waals surface area contributed by atoms with E-state index >= 15 is 0 Å². The third-order valence-corrected chi connectivity index (χ3v) is 3.19. The van der Waals surface area contributed by atoms with E-state index in [1.807, 2.05) is 20.8 Å². The lowest BCUT2D eigenvalue weighted by Crippen LogP contribution is -2.34. The van der Waals surface area contributed by atoms with Crippen LogP contribution >= 0.6 is 11.3 Å². The molecule has 0 radical (unpaired) electrons. The molecule has 0 aromatic carbocycles. The smallest absolute Gasteiger partial charge is 0.338 e. The van der Waals surface area contributed by atoms with Gasteiger partial charge < -0.3 is 10.4 Å². The van der Waals surface area contributed by atoms with Gasteiger partial charge in [0.1, 0.15) is 5.00 Å². The molecule has 0 aliphatic rings. The van der Waals surface area contributed by atoms with Crippen molar-refractivity contribution in [3.8, 4) is 0 Å². The van der Waals surface area contributed by atoms with E-state index in [0.717, 1.165) is 12.0 Å². The Hall–Kier alpha value is -1.56. The highest BCUT2D eigenvalue weighted by Crippen LogP contribution is 2.29. The Bertz CT molecular complexity index is 441. The number of carboxylic acids is 1. The third kappa shape index (κ3) is 3.73. The highest BCUT2D eigenvalue weighted by atomic mass is 32.1. The molecule has 18 heavy (non-hydrogen) atoms. The van der Waals surface area contributed by atoms with Crippen molar-refractivity contribution in [1.29, 1.82) is 0 Å². The van der Waals surface area contributed by atoms with Crippen molar-refractivity contribution in [2.75, 3.05) is 5.32 Å². The Morgan fingerprint density at radius 2 is 2.11 bits per heavy atom. The zero-order valence-electron chi connectivity index (χ0n) is 10.7. The van der Waals surface area contributed by atoms with E-state index in [9.17, 15) is 14.7 Å². The molecule has 5 nitrogen and oxygen atoms in total. The van der Waals surface area contributed by atoms with Crippen molar-refractivity contribution in [3.63, 3.8) is 0 Å². The van der Waals surface area contributed by atoms with Crippen LogP contribution in [0.25, 0.3) is 0 Å². The number of amides is 2. The molecule has 1 rings (SSSR count). The first-order valence-corrected chi connectivity index (χ1v) is 6.74. The van der Waals surface area contributed by atoms with Crippen LogP contribution in [-0.2, 0) is 6.42 Å². The maximum absolute atomic E-state index is 11.6. The van der Waals surface area contributed by atoms with Crippen LogP contribution in [0.15, 0.2) is 5.38 Å². The SMILES string of the molecule is CCCc1csc(NC(=O)NC(C)C)c1C(=O)O. The van der Waals surface area contributed by atoms with E-state index < -0.39 is 5.97 Å². The lowest BCUT2D eigenvalue weighted by molar-refractivity contribution is 0.0697. The molecule has 2 amide bonds. The maximum atomic E-state index is 11.6. The molecule has 0 aliphatic heterocycles. The molecular formula is C12H18N2O3S. The van der Waals surface area contributed by atoms with Crippen molar-refractivity contribution >= 4 is 28.3 Å². The first-order valence-electron chi connectivity index (χ1n) is 5.86. The van der Waals surface area contributed by atoms with E-state index in [-0.39, 0.29) is 17.6 Å². The Morgan fingerprint density at radius 3 is 2.61 bits per heavy atom. The quantitative estimate of drug-likeness (QED) is 0.769. The van der Waals surface area contributed by atoms with Gasteiger partial charge in [-0.3, -0.25) is 5.32 Å². The summed E-state index contributed by atoms with van der Waals surface area (Å²) in [6, 6.07) is -0.370. The summed E-state index contributed by atoms with van der Waals surface area (Å²) in [6.07, 6.45) is 1.57. The van der Waals surface area contributed by atoms with Crippen molar-refractivity contribution in [2.24, 2.45) is 0 Å². The highest BCUT2D eigenvalue weighted by Gasteiger charge is 2.19. The monoisotopic (exact) mass is 270 g/mol. The summed E-state index contributed by atoms with van der Waals surface area (Å²) >= 11 is 1.25. The number of hydrogen-bond acceptors (Lipinski definition) is 3. The summed E-state index contributed by atoms with van der Waals surface area (Å²) < 4.78 is 0. The van der Waals surface area contributed by atoms with Crippen LogP contribution in [0.5, 0.6) is 0 Å². The average Bonchev–Trinajstić information content (AvgIpc) is 2.60. The molecule has 0 spiro atoms. The summed E-state index contributed by atoms with van der Waals surface area (Å²) in [6.45, 7) is 5.67. The second-order valence-electron chi connectivity index (χ2n) is 4.27. The molecule has 0 atom stereocenters. The fraction of sp³-hybridized carbons (Fsp3) is 0.500. The summed E-state index contributed by atoms with van der Waals surface area (Å²) in [4.78, 5) is 22.8. The predicted octanol–water partition coefficient (Wildman–Crippen LogP) is 2.93. The van der Waals surface area contributed by atoms with Gasteiger partial charge in [0.05, 0.1) is 5.56 Å². The lowest BCUT2D eigenvalue weighted by Gasteiger charge is -2.09. The zero-order valence-corrected chi connectivity index (χ0v) is 11.6. The van der Waals surface area contributed by atoms with Crippen molar-refractivity contribution in [3.05, 3.63) is 16.5 Å². The molecule has 0 saturated carbocycles. The molecule has 1 aromatic rings. The second kappa shape index (κ2) is 6.39. The van der Waals surface area contributed by atoms with Crippen molar-refractivity contribution < 1.29 is 14.7 Å². The number of carbonyl (C=O) groups excluding carboxylic acids is 1. The number of nitrogens with one attached hydrogen (secondary N) is 2. The van der Waals surface area contributed by atoms with Gasteiger partial charge >= 0.3 is 12.0 Å². The van der Waals surface area contributed by atoms with Gasteiger partial charge in [0, 0.05) is 6.04 Å². The molecule has 100 valence electrons. The molecule has 0 bridgehead atoms. The molecular weight excluding hydrogens is 252 g/mol.